The molecular weight excluding hydrogens is 405 g/mol. The van der Waals surface area contributed by atoms with Gasteiger partial charge in [-0.2, -0.15) is 0 Å². The molecule has 29 heavy (non-hydrogen) atoms. The molecule has 162 valence electrons. The first kappa shape index (κ1) is 25.7. The van der Waals surface area contributed by atoms with Gasteiger partial charge in [0.2, 0.25) is 0 Å². The largest absolute Gasteiger partial charge is 0.469 e. The van der Waals surface area contributed by atoms with E-state index in [9.17, 15) is 4.57 Å². The first-order valence-electron chi connectivity index (χ1n) is 10.4. The van der Waals surface area contributed by atoms with E-state index in [1.54, 1.807) is 0 Å². The Labute approximate surface area is 180 Å². The summed E-state index contributed by atoms with van der Waals surface area (Å²) in [6.07, 6.45) is 6.54. The van der Waals surface area contributed by atoms with Crippen molar-refractivity contribution < 1.29 is 18.9 Å². The predicted molar refractivity (Wildman–Crippen MR) is 125 cm³/mol. The molecule has 0 radical (unpaired) electrons. The minimum atomic E-state index is -4.55. The Kier molecular flexibility index (Phi) is 12.3. The summed E-state index contributed by atoms with van der Waals surface area (Å²) in [5, 5.41) is 5.39. The van der Waals surface area contributed by atoms with E-state index in [1.165, 1.54) is 19.3 Å². The number of phosphoric acid groups is 1. The van der Waals surface area contributed by atoms with Crippen molar-refractivity contribution in [3.8, 4) is 0 Å². The van der Waals surface area contributed by atoms with Gasteiger partial charge in [-0.1, -0.05) is 95.1 Å². The van der Waals surface area contributed by atoms with Gasteiger partial charge in [-0.3, -0.25) is 4.52 Å². The van der Waals surface area contributed by atoms with Gasteiger partial charge in [-0.05, 0) is 35.2 Å². The fraction of sp³-hybridized carbons (Fsp3) is 0.500. The number of phosphoric ester groups is 1. The lowest BCUT2D eigenvalue weighted by atomic mass is 10.0. The molecule has 0 aliphatic carbocycles. The van der Waals surface area contributed by atoms with Crippen LogP contribution in [-0.2, 0) is 9.09 Å². The molecule has 0 fully saturated rings. The molecule has 1 unspecified atom stereocenters. The highest BCUT2D eigenvalue weighted by Gasteiger charge is 2.20. The van der Waals surface area contributed by atoms with Crippen molar-refractivity contribution in [2.75, 3.05) is 6.61 Å². The predicted octanol–water partition coefficient (Wildman–Crippen LogP) is 6.29. The molecule has 2 rings (SSSR count). The standard InChI is InChI=1S/C20H28NO4PS.C2H6/c1-2-3-4-5-6-11-20(27)21-19(15-25-26(22,23)24)18-13-12-16-9-7-8-10-17(16)14-18;1-2/h7-10,12-14,19H,2-6,11,15H2,1H3,(H,21,27)(H2,22,23,24);1-2H3. The Bertz CT molecular complexity index is 793. The van der Waals surface area contributed by atoms with Crippen LogP contribution in [0.2, 0.25) is 0 Å². The van der Waals surface area contributed by atoms with Crippen LogP contribution in [0.15, 0.2) is 42.5 Å². The molecule has 2 aromatic rings. The number of rotatable bonds is 11. The maximum Gasteiger partial charge on any atom is 0.469 e. The lowest BCUT2D eigenvalue weighted by Gasteiger charge is -2.21. The summed E-state index contributed by atoms with van der Waals surface area (Å²) in [6, 6.07) is 13.5. The lowest BCUT2D eigenvalue weighted by molar-refractivity contribution is 0.182. The topological polar surface area (TPSA) is 78.8 Å². The van der Waals surface area contributed by atoms with Crippen LogP contribution >= 0.6 is 20.0 Å². The van der Waals surface area contributed by atoms with Crippen molar-refractivity contribution in [2.45, 2.75) is 65.3 Å². The van der Waals surface area contributed by atoms with Crippen molar-refractivity contribution in [2.24, 2.45) is 0 Å². The highest BCUT2D eigenvalue weighted by Crippen LogP contribution is 2.37. The van der Waals surface area contributed by atoms with Gasteiger partial charge >= 0.3 is 7.82 Å². The van der Waals surface area contributed by atoms with Gasteiger partial charge in [-0.25, -0.2) is 4.57 Å². The molecule has 0 aliphatic rings. The second kappa shape index (κ2) is 13.8. The maximum absolute atomic E-state index is 11.1. The van der Waals surface area contributed by atoms with Crippen LogP contribution in [-0.4, -0.2) is 21.4 Å². The second-order valence-electron chi connectivity index (χ2n) is 6.68. The summed E-state index contributed by atoms with van der Waals surface area (Å²) in [5.74, 6) is 0. The Morgan fingerprint density at radius 1 is 1.07 bits per heavy atom. The van der Waals surface area contributed by atoms with Gasteiger partial charge in [0.15, 0.2) is 0 Å². The highest BCUT2D eigenvalue weighted by molar-refractivity contribution is 7.80. The Hall–Kier alpha value is -1.30. The molecule has 0 saturated carbocycles. The minimum Gasteiger partial charge on any atom is -0.370 e. The van der Waals surface area contributed by atoms with E-state index in [0.717, 1.165) is 35.6 Å². The molecule has 0 aliphatic heterocycles. The van der Waals surface area contributed by atoms with Gasteiger partial charge in [-0.15, -0.1) is 0 Å². The first-order chi connectivity index (χ1) is 13.9. The maximum atomic E-state index is 11.1. The van der Waals surface area contributed by atoms with Crippen LogP contribution in [0.4, 0.5) is 0 Å². The van der Waals surface area contributed by atoms with E-state index in [1.807, 2.05) is 56.3 Å². The van der Waals surface area contributed by atoms with Gasteiger partial charge in [0.25, 0.3) is 0 Å². The summed E-state index contributed by atoms with van der Waals surface area (Å²) in [6.45, 7) is 6.03. The third kappa shape index (κ3) is 10.3. The van der Waals surface area contributed by atoms with Crippen molar-refractivity contribution in [1.82, 2.24) is 5.32 Å². The molecule has 0 spiro atoms. The fourth-order valence-electron chi connectivity index (χ4n) is 2.97. The molecule has 0 bridgehead atoms. The highest BCUT2D eigenvalue weighted by atomic mass is 32.1. The van der Waals surface area contributed by atoms with Gasteiger partial charge in [0.05, 0.1) is 17.6 Å². The van der Waals surface area contributed by atoms with Gasteiger partial charge < -0.3 is 15.1 Å². The molecule has 2 aromatic carbocycles. The van der Waals surface area contributed by atoms with Crippen LogP contribution in [0.5, 0.6) is 0 Å². The molecule has 1 atom stereocenters. The van der Waals surface area contributed by atoms with E-state index < -0.39 is 13.9 Å². The quantitative estimate of drug-likeness (QED) is 0.217. The van der Waals surface area contributed by atoms with Crippen LogP contribution in [0.3, 0.4) is 0 Å². The molecule has 0 heterocycles. The number of benzene rings is 2. The third-order valence-corrected chi connectivity index (χ3v) is 5.24. The van der Waals surface area contributed by atoms with Crippen molar-refractivity contribution in [3.63, 3.8) is 0 Å². The zero-order valence-electron chi connectivity index (χ0n) is 17.6. The van der Waals surface area contributed by atoms with E-state index in [4.69, 9.17) is 26.5 Å². The van der Waals surface area contributed by atoms with Crippen molar-refractivity contribution >= 4 is 35.8 Å². The van der Waals surface area contributed by atoms with Crippen LogP contribution < -0.4 is 5.32 Å². The van der Waals surface area contributed by atoms with Crippen LogP contribution in [0.1, 0.15) is 70.9 Å². The SMILES string of the molecule is CC.CCCCCCCC(=S)NC(COP(=O)(O)O)c1ccc2ccccc2c1. The van der Waals surface area contributed by atoms with Crippen molar-refractivity contribution in [1.29, 1.82) is 0 Å². The molecule has 0 saturated heterocycles. The molecule has 0 aromatic heterocycles. The summed E-state index contributed by atoms with van der Waals surface area (Å²) in [7, 11) is -4.55. The minimum absolute atomic E-state index is 0.154. The number of hydrogen-bond donors (Lipinski definition) is 3. The zero-order chi connectivity index (χ0) is 21.7. The monoisotopic (exact) mass is 439 g/mol. The average Bonchev–Trinajstić information content (AvgIpc) is 2.71. The van der Waals surface area contributed by atoms with Crippen LogP contribution in [0, 0.1) is 0 Å². The first-order valence-corrected chi connectivity index (χ1v) is 12.3. The number of hydrogen-bond acceptors (Lipinski definition) is 3. The summed E-state index contributed by atoms with van der Waals surface area (Å²) >= 11 is 5.45. The second-order valence-corrected chi connectivity index (χ2v) is 8.41. The molecule has 3 N–H and O–H groups in total. The third-order valence-electron chi connectivity index (χ3n) is 4.43. The summed E-state index contributed by atoms with van der Waals surface area (Å²) in [4.78, 5) is 18.8. The van der Waals surface area contributed by atoms with E-state index >= 15 is 0 Å². The Morgan fingerprint density at radius 2 is 1.72 bits per heavy atom. The number of nitrogens with one attached hydrogen (secondary N) is 1. The molecule has 5 nitrogen and oxygen atoms in total. The van der Waals surface area contributed by atoms with E-state index in [-0.39, 0.29) is 6.61 Å². The summed E-state index contributed by atoms with van der Waals surface area (Å²) < 4.78 is 15.9. The Morgan fingerprint density at radius 3 is 2.38 bits per heavy atom. The number of fused-ring (bicyclic) bond motifs is 1. The smallest absolute Gasteiger partial charge is 0.370 e. The van der Waals surface area contributed by atoms with Gasteiger partial charge in [0, 0.05) is 0 Å². The molecule has 7 heteroatoms. The van der Waals surface area contributed by atoms with E-state index in [2.05, 4.69) is 12.2 Å². The fourth-order valence-corrected chi connectivity index (χ4v) is 3.60. The summed E-state index contributed by atoms with van der Waals surface area (Å²) in [5.41, 5.74) is 0.885. The number of unbranched alkanes of at least 4 members (excludes halogenated alkanes) is 4. The van der Waals surface area contributed by atoms with Crippen molar-refractivity contribution in [3.05, 3.63) is 48.0 Å². The Balaban J connectivity index is 0.00000204. The average molecular weight is 440 g/mol. The number of thiocarbonyl (C=S) groups is 1. The molecule has 0 amide bonds. The molecular formula is C22H34NO4PS. The van der Waals surface area contributed by atoms with Gasteiger partial charge in [0.1, 0.15) is 0 Å². The zero-order valence-corrected chi connectivity index (χ0v) is 19.3. The normalized spacial score (nSPS) is 12.2. The van der Waals surface area contributed by atoms with Crippen LogP contribution in [0.25, 0.3) is 10.8 Å². The lowest BCUT2D eigenvalue weighted by Crippen LogP contribution is -2.30. The van der Waals surface area contributed by atoms with E-state index in [0.29, 0.717) is 4.99 Å².